The molecule has 2 aromatic rings. The van der Waals surface area contributed by atoms with Gasteiger partial charge in [-0.15, -0.1) is 0 Å². The van der Waals surface area contributed by atoms with E-state index in [2.05, 4.69) is 27.3 Å². The number of nitrogens with zero attached hydrogens (tertiary/aromatic N) is 3. The van der Waals surface area contributed by atoms with Crippen molar-refractivity contribution in [3.05, 3.63) is 53.7 Å². The van der Waals surface area contributed by atoms with Crippen LogP contribution in [0.2, 0.25) is 0 Å². The third-order valence-electron chi connectivity index (χ3n) is 5.38. The van der Waals surface area contributed by atoms with E-state index in [1.807, 2.05) is 42.2 Å². The molecule has 2 aliphatic rings. The van der Waals surface area contributed by atoms with E-state index >= 15 is 0 Å². The Morgan fingerprint density at radius 2 is 2.08 bits per heavy atom. The molecule has 0 bridgehead atoms. The highest BCUT2D eigenvalue weighted by atomic mass is 16.2. The Hall–Kier alpha value is -2.40. The fourth-order valence-corrected chi connectivity index (χ4v) is 3.99. The van der Waals surface area contributed by atoms with Crippen LogP contribution in [0.15, 0.2) is 42.5 Å². The Balaban J connectivity index is 1.27. The van der Waals surface area contributed by atoms with Gasteiger partial charge in [0.25, 0.3) is 0 Å². The van der Waals surface area contributed by atoms with E-state index in [0.29, 0.717) is 12.5 Å². The molecule has 26 heavy (non-hydrogen) atoms. The molecule has 5 heteroatoms. The lowest BCUT2D eigenvalue weighted by atomic mass is 10.1. The molecule has 1 fully saturated rings. The van der Waals surface area contributed by atoms with E-state index in [4.69, 9.17) is 0 Å². The largest absolute Gasteiger partial charge is 0.370 e. The van der Waals surface area contributed by atoms with Gasteiger partial charge in [0.1, 0.15) is 5.82 Å². The van der Waals surface area contributed by atoms with Crippen LogP contribution >= 0.6 is 0 Å². The van der Waals surface area contributed by atoms with E-state index in [1.165, 1.54) is 5.56 Å². The van der Waals surface area contributed by atoms with Gasteiger partial charge in [-0.25, -0.2) is 4.98 Å². The molecule has 1 amide bonds. The smallest absolute Gasteiger partial charge is 0.241 e. The Morgan fingerprint density at radius 1 is 1.19 bits per heavy atom. The lowest BCUT2D eigenvalue weighted by Gasteiger charge is -2.22. The summed E-state index contributed by atoms with van der Waals surface area (Å²) in [5.41, 5.74) is 3.41. The molecule has 1 atom stereocenters. The topological polar surface area (TPSA) is 48.5 Å². The van der Waals surface area contributed by atoms with E-state index < -0.39 is 0 Å². The van der Waals surface area contributed by atoms with Crippen LogP contribution in [-0.2, 0) is 11.2 Å². The molecule has 0 spiro atoms. The van der Waals surface area contributed by atoms with Crippen LogP contribution in [0.25, 0.3) is 0 Å². The van der Waals surface area contributed by atoms with Gasteiger partial charge in [0, 0.05) is 31.0 Å². The average Bonchev–Trinajstić information content (AvgIpc) is 3.26. The second-order valence-corrected chi connectivity index (χ2v) is 7.36. The summed E-state index contributed by atoms with van der Waals surface area (Å²) in [4.78, 5) is 21.5. The molecule has 1 aromatic carbocycles. The number of hydrogen-bond acceptors (Lipinski definition) is 4. The molecule has 0 radical (unpaired) electrons. The monoisotopic (exact) mass is 350 g/mol. The summed E-state index contributed by atoms with van der Waals surface area (Å²) in [7, 11) is 0. The predicted molar refractivity (Wildman–Crippen MR) is 105 cm³/mol. The number of aromatic nitrogens is 1. The number of benzene rings is 1. The fraction of sp³-hybridized carbons (Fsp3) is 0.429. The molecule has 1 aromatic heterocycles. The van der Waals surface area contributed by atoms with Crippen molar-refractivity contribution in [2.45, 2.75) is 19.8 Å². The van der Waals surface area contributed by atoms with Crippen LogP contribution in [0.4, 0.5) is 11.5 Å². The Labute approximate surface area is 155 Å². The van der Waals surface area contributed by atoms with Gasteiger partial charge in [-0.3, -0.25) is 9.69 Å². The first-order valence-electron chi connectivity index (χ1n) is 9.47. The van der Waals surface area contributed by atoms with Crippen molar-refractivity contribution in [3.63, 3.8) is 0 Å². The molecule has 0 saturated carbocycles. The van der Waals surface area contributed by atoms with Gasteiger partial charge < -0.3 is 10.2 Å². The molecule has 3 heterocycles. The van der Waals surface area contributed by atoms with Crippen molar-refractivity contribution in [2.75, 3.05) is 42.9 Å². The number of likely N-dealkylation sites (tertiary alicyclic amines) is 1. The number of rotatable bonds is 5. The second kappa shape index (κ2) is 7.46. The first kappa shape index (κ1) is 17.0. The summed E-state index contributed by atoms with van der Waals surface area (Å²) >= 11 is 0. The number of aryl methyl sites for hydroxylation is 1. The zero-order valence-corrected chi connectivity index (χ0v) is 15.3. The van der Waals surface area contributed by atoms with Crippen molar-refractivity contribution in [1.82, 2.24) is 9.88 Å². The Bertz CT molecular complexity index is 791. The number of nitrogens with one attached hydrogen (secondary N) is 1. The molecule has 2 aliphatic heterocycles. The average molecular weight is 350 g/mol. The molecule has 0 aliphatic carbocycles. The second-order valence-electron chi connectivity index (χ2n) is 7.36. The molecular formula is C21H26N4O. The van der Waals surface area contributed by atoms with Crippen LogP contribution in [0, 0.1) is 12.8 Å². The van der Waals surface area contributed by atoms with Crippen molar-refractivity contribution >= 4 is 17.4 Å². The Kier molecular flexibility index (Phi) is 4.89. The van der Waals surface area contributed by atoms with E-state index in [-0.39, 0.29) is 5.91 Å². The quantitative estimate of drug-likeness (QED) is 0.901. The number of pyridine rings is 1. The van der Waals surface area contributed by atoms with E-state index in [9.17, 15) is 4.79 Å². The Morgan fingerprint density at radius 3 is 2.96 bits per heavy atom. The van der Waals surface area contributed by atoms with Crippen molar-refractivity contribution in [2.24, 2.45) is 5.92 Å². The maximum absolute atomic E-state index is 12.7. The number of hydrogen-bond donors (Lipinski definition) is 1. The minimum absolute atomic E-state index is 0.226. The number of fused-ring (bicyclic) bond motifs is 1. The molecule has 136 valence electrons. The van der Waals surface area contributed by atoms with E-state index in [0.717, 1.165) is 56.2 Å². The summed E-state index contributed by atoms with van der Waals surface area (Å²) in [6.07, 6.45) is 2.10. The first-order valence-corrected chi connectivity index (χ1v) is 9.47. The minimum atomic E-state index is 0.226. The first-order chi connectivity index (χ1) is 12.7. The zero-order valence-electron chi connectivity index (χ0n) is 15.3. The molecule has 4 rings (SSSR count). The summed E-state index contributed by atoms with van der Waals surface area (Å²) in [6, 6.07) is 14.3. The number of amides is 1. The molecular weight excluding hydrogens is 324 g/mol. The standard InChI is InChI=1S/C21H26N4O/c1-16-5-4-8-20(23-16)22-13-17-9-11-24(14-17)15-21(26)25-12-10-18-6-2-3-7-19(18)25/h2-8,17H,9-15H2,1H3,(H,22,23). The van der Waals surface area contributed by atoms with Crippen molar-refractivity contribution < 1.29 is 4.79 Å². The fourth-order valence-electron chi connectivity index (χ4n) is 3.99. The highest BCUT2D eigenvalue weighted by Crippen LogP contribution is 2.28. The van der Waals surface area contributed by atoms with Gasteiger partial charge in [0.05, 0.1) is 6.54 Å². The van der Waals surface area contributed by atoms with Crippen LogP contribution < -0.4 is 10.2 Å². The van der Waals surface area contributed by atoms with Crippen molar-refractivity contribution in [3.8, 4) is 0 Å². The highest BCUT2D eigenvalue weighted by Gasteiger charge is 2.28. The van der Waals surface area contributed by atoms with Crippen LogP contribution in [0.1, 0.15) is 17.7 Å². The maximum Gasteiger partial charge on any atom is 0.241 e. The van der Waals surface area contributed by atoms with E-state index in [1.54, 1.807) is 0 Å². The van der Waals surface area contributed by atoms with Gasteiger partial charge in [-0.2, -0.15) is 0 Å². The normalized spacial score (nSPS) is 19.6. The molecule has 1 unspecified atom stereocenters. The minimum Gasteiger partial charge on any atom is -0.370 e. The van der Waals surface area contributed by atoms with Gasteiger partial charge in [-0.05, 0) is 56.0 Å². The summed E-state index contributed by atoms with van der Waals surface area (Å²) in [6.45, 7) is 6.22. The maximum atomic E-state index is 12.7. The molecule has 1 N–H and O–H groups in total. The van der Waals surface area contributed by atoms with Gasteiger partial charge in [0.2, 0.25) is 5.91 Å². The zero-order chi connectivity index (χ0) is 17.9. The predicted octanol–water partition coefficient (Wildman–Crippen LogP) is 2.71. The molecule has 1 saturated heterocycles. The number of carbonyl (C=O) groups is 1. The van der Waals surface area contributed by atoms with Crippen LogP contribution in [0.3, 0.4) is 0 Å². The number of anilines is 2. The highest BCUT2D eigenvalue weighted by molar-refractivity contribution is 5.96. The van der Waals surface area contributed by atoms with Crippen molar-refractivity contribution in [1.29, 1.82) is 0 Å². The number of para-hydroxylation sites is 1. The third kappa shape index (κ3) is 3.73. The van der Waals surface area contributed by atoms with Crippen LogP contribution in [-0.4, -0.2) is 48.5 Å². The summed E-state index contributed by atoms with van der Waals surface area (Å²) in [5.74, 6) is 1.73. The molecule has 5 nitrogen and oxygen atoms in total. The summed E-state index contributed by atoms with van der Waals surface area (Å²) in [5, 5.41) is 3.44. The van der Waals surface area contributed by atoms with Gasteiger partial charge in [0.15, 0.2) is 0 Å². The summed E-state index contributed by atoms with van der Waals surface area (Å²) < 4.78 is 0. The SMILES string of the molecule is Cc1cccc(NCC2CCN(CC(=O)N3CCc4ccccc43)C2)n1. The number of carbonyl (C=O) groups excluding carboxylic acids is 1. The van der Waals surface area contributed by atoms with Gasteiger partial charge in [-0.1, -0.05) is 24.3 Å². The lowest BCUT2D eigenvalue weighted by Crippen LogP contribution is -2.39. The van der Waals surface area contributed by atoms with Crippen LogP contribution in [0.5, 0.6) is 0 Å². The third-order valence-corrected chi connectivity index (χ3v) is 5.38. The van der Waals surface area contributed by atoms with Gasteiger partial charge >= 0.3 is 0 Å². The lowest BCUT2D eigenvalue weighted by molar-refractivity contribution is -0.119.